The topological polar surface area (TPSA) is 37.4 Å². The van der Waals surface area contributed by atoms with E-state index in [9.17, 15) is 22.8 Å². The van der Waals surface area contributed by atoms with E-state index < -0.39 is 40.4 Å². The van der Waals surface area contributed by atoms with E-state index in [4.69, 9.17) is 11.6 Å². The molecule has 1 heterocycles. The second-order valence-corrected chi connectivity index (χ2v) is 6.58. The number of alkyl halides is 3. The number of allylic oxidation sites excluding steroid dienone is 2. The second kappa shape index (κ2) is 4.60. The fourth-order valence-corrected chi connectivity index (χ4v) is 4.25. The van der Waals surface area contributed by atoms with Gasteiger partial charge in [-0.15, -0.1) is 0 Å². The van der Waals surface area contributed by atoms with E-state index >= 15 is 0 Å². The number of anilines is 1. The summed E-state index contributed by atoms with van der Waals surface area (Å²) in [6.45, 7) is 0. The first-order valence-electron chi connectivity index (χ1n) is 7.22. The maximum atomic E-state index is 13.0. The number of halogens is 4. The molecule has 1 saturated carbocycles. The minimum absolute atomic E-state index is 0.0147. The van der Waals surface area contributed by atoms with Gasteiger partial charge in [0, 0.05) is 0 Å². The quantitative estimate of drug-likeness (QED) is 0.577. The Morgan fingerprint density at radius 3 is 2.13 bits per heavy atom. The Hall–Kier alpha value is -1.82. The lowest BCUT2D eigenvalue weighted by atomic mass is 9.85. The van der Waals surface area contributed by atoms with Gasteiger partial charge < -0.3 is 0 Å². The van der Waals surface area contributed by atoms with Crippen LogP contribution in [0.25, 0.3) is 0 Å². The van der Waals surface area contributed by atoms with E-state index in [0.29, 0.717) is 0 Å². The molecular formula is C16H11ClF3NO2. The molecule has 0 N–H and O–H groups in total. The molecule has 1 aliphatic heterocycles. The van der Waals surface area contributed by atoms with Crippen LogP contribution in [0.5, 0.6) is 0 Å². The van der Waals surface area contributed by atoms with E-state index in [-0.39, 0.29) is 17.5 Å². The SMILES string of the molecule is O=C1[C@@H]2[C@H](C(=O)N1c1ccc(Cl)c(C(F)(F)F)c1)[C@H]1C=C[C@H]2C1. The van der Waals surface area contributed by atoms with Gasteiger partial charge in [0.05, 0.1) is 28.1 Å². The molecule has 1 aromatic rings. The summed E-state index contributed by atoms with van der Waals surface area (Å²) in [4.78, 5) is 26.1. The first kappa shape index (κ1) is 14.8. The summed E-state index contributed by atoms with van der Waals surface area (Å²) in [5, 5.41) is -0.456. The van der Waals surface area contributed by atoms with Crippen LogP contribution in [-0.4, -0.2) is 11.8 Å². The third kappa shape index (κ3) is 1.97. The molecule has 7 heteroatoms. The number of amides is 2. The summed E-state index contributed by atoms with van der Waals surface area (Å²) in [5.41, 5.74) is -1.11. The Labute approximate surface area is 134 Å². The Balaban J connectivity index is 1.75. The molecule has 2 fully saturated rings. The van der Waals surface area contributed by atoms with Crippen LogP contribution >= 0.6 is 11.6 Å². The van der Waals surface area contributed by atoms with Crippen molar-refractivity contribution < 1.29 is 22.8 Å². The van der Waals surface area contributed by atoms with Crippen molar-refractivity contribution in [1.82, 2.24) is 0 Å². The van der Waals surface area contributed by atoms with Crippen molar-refractivity contribution in [1.29, 1.82) is 0 Å². The first-order valence-corrected chi connectivity index (χ1v) is 7.59. The number of hydrogen-bond acceptors (Lipinski definition) is 2. The van der Waals surface area contributed by atoms with Gasteiger partial charge >= 0.3 is 6.18 Å². The summed E-state index contributed by atoms with van der Waals surface area (Å²) in [7, 11) is 0. The van der Waals surface area contributed by atoms with Crippen LogP contribution in [-0.2, 0) is 15.8 Å². The maximum Gasteiger partial charge on any atom is 0.417 e. The molecule has 120 valence electrons. The molecule has 4 rings (SSSR count). The van der Waals surface area contributed by atoms with Crippen LogP contribution in [0.1, 0.15) is 12.0 Å². The lowest BCUT2D eigenvalue weighted by molar-refractivity contribution is -0.137. The van der Waals surface area contributed by atoms with Gasteiger partial charge in [-0.1, -0.05) is 23.8 Å². The number of carbonyl (C=O) groups is 2. The number of hydrogen-bond donors (Lipinski definition) is 0. The highest BCUT2D eigenvalue weighted by atomic mass is 35.5. The minimum atomic E-state index is -4.64. The number of rotatable bonds is 1. The molecule has 0 aromatic heterocycles. The van der Waals surface area contributed by atoms with Crippen LogP contribution in [0.15, 0.2) is 30.4 Å². The van der Waals surface area contributed by atoms with Gasteiger partial charge in [0.15, 0.2) is 0 Å². The maximum absolute atomic E-state index is 13.0. The highest BCUT2D eigenvalue weighted by molar-refractivity contribution is 6.31. The predicted octanol–water partition coefficient (Wildman–Crippen LogP) is 3.67. The van der Waals surface area contributed by atoms with Crippen LogP contribution in [0.2, 0.25) is 5.02 Å². The molecule has 1 saturated heterocycles. The molecule has 3 nitrogen and oxygen atoms in total. The van der Waals surface area contributed by atoms with Gasteiger partial charge in [-0.3, -0.25) is 14.5 Å². The molecule has 2 aliphatic carbocycles. The van der Waals surface area contributed by atoms with Crippen molar-refractivity contribution in [3.8, 4) is 0 Å². The minimum Gasteiger partial charge on any atom is -0.274 e. The van der Waals surface area contributed by atoms with Crippen molar-refractivity contribution in [2.75, 3.05) is 4.90 Å². The molecule has 23 heavy (non-hydrogen) atoms. The third-order valence-electron chi connectivity index (χ3n) is 4.98. The molecule has 2 bridgehead atoms. The molecule has 4 atom stereocenters. The molecule has 1 aromatic carbocycles. The zero-order chi connectivity index (χ0) is 16.5. The molecular weight excluding hydrogens is 331 g/mol. The lowest BCUT2D eigenvalue weighted by Gasteiger charge is -2.19. The van der Waals surface area contributed by atoms with Gasteiger partial charge in [-0.2, -0.15) is 13.2 Å². The molecule has 0 unspecified atom stereocenters. The van der Waals surface area contributed by atoms with Crippen molar-refractivity contribution in [3.63, 3.8) is 0 Å². The van der Waals surface area contributed by atoms with Gasteiger partial charge in [0.1, 0.15) is 0 Å². The highest BCUT2D eigenvalue weighted by Crippen LogP contribution is 2.53. The van der Waals surface area contributed by atoms with Gasteiger partial charge in [-0.25, -0.2) is 0 Å². The van der Waals surface area contributed by atoms with Crippen LogP contribution in [0.3, 0.4) is 0 Å². The second-order valence-electron chi connectivity index (χ2n) is 6.17. The molecule has 3 aliphatic rings. The fourth-order valence-electron chi connectivity index (χ4n) is 4.03. The van der Waals surface area contributed by atoms with Crippen molar-refractivity contribution in [2.45, 2.75) is 12.6 Å². The average molecular weight is 342 g/mol. The monoisotopic (exact) mass is 341 g/mol. The van der Waals surface area contributed by atoms with Crippen LogP contribution in [0, 0.1) is 23.7 Å². The Kier molecular flexibility index (Phi) is 2.95. The standard InChI is InChI=1S/C16H11ClF3NO2/c17-11-4-3-9(6-10(11)16(18,19)20)21-14(22)12-7-1-2-8(5-7)13(12)15(21)23/h1-4,6-8,12-13H,5H2/t7-,8-,12-,13+/m0/s1. The first-order chi connectivity index (χ1) is 10.8. The van der Waals surface area contributed by atoms with E-state index in [1.807, 2.05) is 12.2 Å². The third-order valence-corrected chi connectivity index (χ3v) is 5.31. The Morgan fingerprint density at radius 2 is 1.61 bits per heavy atom. The average Bonchev–Trinajstić information content (AvgIpc) is 3.13. The summed E-state index contributed by atoms with van der Waals surface area (Å²) in [6, 6.07) is 3.12. The molecule has 0 spiro atoms. The van der Waals surface area contributed by atoms with E-state index in [0.717, 1.165) is 23.5 Å². The summed E-state index contributed by atoms with van der Waals surface area (Å²) >= 11 is 5.59. The van der Waals surface area contributed by atoms with E-state index in [1.54, 1.807) is 0 Å². The summed E-state index contributed by atoms with van der Waals surface area (Å²) < 4.78 is 39.0. The molecule has 0 radical (unpaired) electrons. The number of nitrogens with zero attached hydrogens (tertiary/aromatic N) is 1. The van der Waals surface area contributed by atoms with E-state index in [1.165, 1.54) is 6.07 Å². The zero-order valence-corrected chi connectivity index (χ0v) is 12.4. The summed E-state index contributed by atoms with van der Waals surface area (Å²) in [6.07, 6.45) is -0.00250. The number of carbonyl (C=O) groups excluding carboxylic acids is 2. The van der Waals surface area contributed by atoms with Crippen molar-refractivity contribution >= 4 is 29.1 Å². The smallest absolute Gasteiger partial charge is 0.274 e. The largest absolute Gasteiger partial charge is 0.417 e. The van der Waals surface area contributed by atoms with Gasteiger partial charge in [0.25, 0.3) is 0 Å². The normalized spacial score (nSPS) is 32.1. The highest BCUT2D eigenvalue weighted by Gasteiger charge is 2.59. The fraction of sp³-hybridized carbons (Fsp3) is 0.375. The van der Waals surface area contributed by atoms with Crippen LogP contribution in [0.4, 0.5) is 18.9 Å². The van der Waals surface area contributed by atoms with Crippen molar-refractivity contribution in [3.05, 3.63) is 40.9 Å². The van der Waals surface area contributed by atoms with Gasteiger partial charge in [0.2, 0.25) is 11.8 Å². The van der Waals surface area contributed by atoms with Crippen LogP contribution < -0.4 is 4.90 Å². The predicted molar refractivity (Wildman–Crippen MR) is 76.7 cm³/mol. The Morgan fingerprint density at radius 1 is 1.04 bits per heavy atom. The number of fused-ring (bicyclic) bond motifs is 5. The van der Waals surface area contributed by atoms with Crippen molar-refractivity contribution in [2.24, 2.45) is 23.7 Å². The van der Waals surface area contributed by atoms with E-state index in [2.05, 4.69) is 0 Å². The lowest BCUT2D eigenvalue weighted by Crippen LogP contribution is -2.33. The summed E-state index contributed by atoms with van der Waals surface area (Å²) in [5.74, 6) is -1.67. The number of benzene rings is 1. The van der Waals surface area contributed by atoms with Gasteiger partial charge in [-0.05, 0) is 36.5 Å². The Bertz CT molecular complexity index is 728. The zero-order valence-electron chi connectivity index (χ0n) is 11.7. The molecule has 2 amide bonds. The number of imide groups is 1.